The molecular weight excluding hydrogens is 389 g/mol. The molecule has 3 aromatic rings. The third-order valence-corrected chi connectivity index (χ3v) is 5.62. The van der Waals surface area contributed by atoms with E-state index in [1.165, 1.54) is 41.6 Å². The standard InChI is InChI=1S/C22H24FN3O2S/c1-5-18(19(27)24-17-12-10-16(23)11-13-17)29-21-26-25-20(28-21)14-6-8-15(9-7-14)22(2,3)4/h6-13,18H,5H2,1-4H3,(H,24,27). The third-order valence-electron chi connectivity index (χ3n) is 4.42. The molecule has 1 aromatic heterocycles. The minimum Gasteiger partial charge on any atom is -0.411 e. The number of nitrogens with one attached hydrogen (secondary N) is 1. The first-order valence-electron chi connectivity index (χ1n) is 9.44. The number of benzene rings is 2. The lowest BCUT2D eigenvalue weighted by Crippen LogP contribution is -2.24. The lowest BCUT2D eigenvalue weighted by atomic mass is 9.87. The average molecular weight is 414 g/mol. The number of carbonyl (C=O) groups excluding carboxylic acids is 1. The van der Waals surface area contributed by atoms with Crippen molar-refractivity contribution in [1.82, 2.24) is 10.2 Å². The minimum absolute atomic E-state index is 0.0701. The Bertz CT molecular complexity index is 963. The van der Waals surface area contributed by atoms with Gasteiger partial charge in [-0.15, -0.1) is 10.2 Å². The second-order valence-corrected chi connectivity index (χ2v) is 8.87. The van der Waals surface area contributed by atoms with Crippen LogP contribution in [0.4, 0.5) is 10.1 Å². The largest absolute Gasteiger partial charge is 0.411 e. The molecule has 7 heteroatoms. The lowest BCUT2D eigenvalue weighted by molar-refractivity contribution is -0.115. The van der Waals surface area contributed by atoms with Crippen molar-refractivity contribution in [2.45, 2.75) is 50.0 Å². The zero-order valence-corrected chi connectivity index (χ0v) is 17.7. The van der Waals surface area contributed by atoms with E-state index in [9.17, 15) is 9.18 Å². The maximum Gasteiger partial charge on any atom is 0.277 e. The van der Waals surface area contributed by atoms with Gasteiger partial charge in [0.05, 0.1) is 5.25 Å². The van der Waals surface area contributed by atoms with Crippen LogP contribution in [-0.4, -0.2) is 21.4 Å². The van der Waals surface area contributed by atoms with E-state index in [0.717, 1.165) is 5.56 Å². The zero-order valence-electron chi connectivity index (χ0n) is 16.9. The van der Waals surface area contributed by atoms with Crippen LogP contribution in [-0.2, 0) is 10.2 Å². The molecule has 1 unspecified atom stereocenters. The molecule has 1 N–H and O–H groups in total. The van der Waals surface area contributed by atoms with E-state index in [0.29, 0.717) is 23.2 Å². The summed E-state index contributed by atoms with van der Waals surface area (Å²) in [5.41, 5.74) is 2.67. The number of hydrogen-bond acceptors (Lipinski definition) is 5. The summed E-state index contributed by atoms with van der Waals surface area (Å²) in [4.78, 5) is 12.5. The van der Waals surface area contributed by atoms with Gasteiger partial charge in [-0.05, 0) is 53.8 Å². The molecule has 2 aromatic carbocycles. The fraction of sp³-hybridized carbons (Fsp3) is 0.318. The van der Waals surface area contributed by atoms with Crippen LogP contribution in [0.2, 0.25) is 0 Å². The van der Waals surface area contributed by atoms with E-state index in [1.54, 1.807) is 0 Å². The Labute approximate surface area is 174 Å². The molecule has 0 aliphatic rings. The van der Waals surface area contributed by atoms with Gasteiger partial charge in [0, 0.05) is 11.3 Å². The zero-order chi connectivity index (χ0) is 21.0. The Balaban J connectivity index is 1.67. The van der Waals surface area contributed by atoms with Crippen LogP contribution >= 0.6 is 11.8 Å². The molecule has 0 bridgehead atoms. The molecular formula is C22H24FN3O2S. The molecule has 3 rings (SSSR count). The summed E-state index contributed by atoms with van der Waals surface area (Å²) in [5.74, 6) is -0.126. The van der Waals surface area contributed by atoms with Crippen LogP contribution in [0.3, 0.4) is 0 Å². The summed E-state index contributed by atoms with van der Waals surface area (Å²) in [7, 11) is 0. The number of carbonyl (C=O) groups is 1. The Morgan fingerprint density at radius 3 is 2.34 bits per heavy atom. The molecule has 152 valence electrons. The lowest BCUT2D eigenvalue weighted by Gasteiger charge is -2.18. The quantitative estimate of drug-likeness (QED) is 0.526. The van der Waals surface area contributed by atoms with E-state index in [4.69, 9.17) is 4.42 Å². The predicted molar refractivity (Wildman–Crippen MR) is 113 cm³/mol. The summed E-state index contributed by atoms with van der Waals surface area (Å²) < 4.78 is 18.8. The average Bonchev–Trinajstić information content (AvgIpc) is 3.16. The van der Waals surface area contributed by atoms with E-state index in [2.05, 4.69) is 48.4 Å². The van der Waals surface area contributed by atoms with Crippen LogP contribution in [0.1, 0.15) is 39.7 Å². The van der Waals surface area contributed by atoms with Crippen molar-refractivity contribution < 1.29 is 13.6 Å². The van der Waals surface area contributed by atoms with Crippen molar-refractivity contribution in [3.8, 4) is 11.5 Å². The maximum atomic E-state index is 13.0. The van der Waals surface area contributed by atoms with Gasteiger partial charge in [0.1, 0.15) is 5.82 Å². The molecule has 0 saturated carbocycles. The summed E-state index contributed by atoms with van der Waals surface area (Å²) in [6, 6.07) is 13.7. The maximum absolute atomic E-state index is 13.0. The molecule has 1 atom stereocenters. The monoisotopic (exact) mass is 413 g/mol. The first kappa shape index (κ1) is 21.0. The molecule has 0 radical (unpaired) electrons. The smallest absolute Gasteiger partial charge is 0.277 e. The number of amides is 1. The second-order valence-electron chi connectivity index (χ2n) is 7.71. The Morgan fingerprint density at radius 2 is 1.76 bits per heavy atom. The highest BCUT2D eigenvalue weighted by molar-refractivity contribution is 8.00. The van der Waals surface area contributed by atoms with E-state index < -0.39 is 5.25 Å². The van der Waals surface area contributed by atoms with Crippen molar-refractivity contribution in [2.24, 2.45) is 0 Å². The van der Waals surface area contributed by atoms with Crippen molar-refractivity contribution in [3.05, 3.63) is 59.9 Å². The molecule has 5 nitrogen and oxygen atoms in total. The fourth-order valence-corrected chi connectivity index (χ4v) is 3.48. The highest BCUT2D eigenvalue weighted by Crippen LogP contribution is 2.30. The molecule has 0 spiro atoms. The summed E-state index contributed by atoms with van der Waals surface area (Å²) in [5, 5.41) is 10.9. The number of halogens is 1. The third kappa shape index (κ3) is 5.44. The van der Waals surface area contributed by atoms with E-state index >= 15 is 0 Å². The van der Waals surface area contributed by atoms with Gasteiger partial charge in [0.25, 0.3) is 5.22 Å². The topological polar surface area (TPSA) is 68.0 Å². The molecule has 29 heavy (non-hydrogen) atoms. The number of anilines is 1. The summed E-state index contributed by atoms with van der Waals surface area (Å²) in [6.45, 7) is 8.38. The van der Waals surface area contributed by atoms with Gasteiger partial charge in [0.15, 0.2) is 0 Å². The molecule has 0 saturated heterocycles. The normalized spacial score (nSPS) is 12.6. The Morgan fingerprint density at radius 1 is 1.10 bits per heavy atom. The molecule has 1 heterocycles. The molecule has 0 aliphatic heterocycles. The van der Waals surface area contributed by atoms with Crippen molar-refractivity contribution in [1.29, 1.82) is 0 Å². The van der Waals surface area contributed by atoms with Crippen molar-refractivity contribution in [3.63, 3.8) is 0 Å². The number of thioether (sulfide) groups is 1. The Hall–Kier alpha value is -2.67. The highest BCUT2D eigenvalue weighted by Gasteiger charge is 2.22. The Kier molecular flexibility index (Phi) is 6.37. The molecule has 0 aliphatic carbocycles. The fourth-order valence-electron chi connectivity index (χ4n) is 2.69. The summed E-state index contributed by atoms with van der Waals surface area (Å²) in [6.07, 6.45) is 0.579. The predicted octanol–water partition coefficient (Wildman–Crippen LogP) is 5.68. The number of aromatic nitrogens is 2. The highest BCUT2D eigenvalue weighted by atomic mass is 32.2. The molecule has 0 fully saturated rings. The second kappa shape index (κ2) is 8.78. The first-order chi connectivity index (χ1) is 13.8. The van der Waals surface area contributed by atoms with Gasteiger partial charge in [-0.25, -0.2) is 4.39 Å². The van der Waals surface area contributed by atoms with Gasteiger partial charge in [-0.2, -0.15) is 0 Å². The van der Waals surface area contributed by atoms with Crippen molar-refractivity contribution in [2.75, 3.05) is 5.32 Å². The van der Waals surface area contributed by atoms with Gasteiger partial charge in [0.2, 0.25) is 11.8 Å². The van der Waals surface area contributed by atoms with Crippen LogP contribution < -0.4 is 5.32 Å². The SMILES string of the molecule is CCC(Sc1nnc(-c2ccc(C(C)(C)C)cc2)o1)C(=O)Nc1ccc(F)cc1. The van der Waals surface area contributed by atoms with Gasteiger partial charge in [-0.1, -0.05) is 51.6 Å². The van der Waals surface area contributed by atoms with Crippen LogP contribution in [0.5, 0.6) is 0 Å². The van der Waals surface area contributed by atoms with Crippen LogP contribution in [0, 0.1) is 5.82 Å². The number of nitrogens with zero attached hydrogens (tertiary/aromatic N) is 2. The molecule has 1 amide bonds. The minimum atomic E-state index is -0.406. The van der Waals surface area contributed by atoms with E-state index in [1.807, 2.05) is 19.1 Å². The van der Waals surface area contributed by atoms with Crippen LogP contribution in [0.15, 0.2) is 58.2 Å². The van der Waals surface area contributed by atoms with E-state index in [-0.39, 0.29) is 17.1 Å². The number of rotatable bonds is 6. The first-order valence-corrected chi connectivity index (χ1v) is 10.3. The van der Waals surface area contributed by atoms with Crippen molar-refractivity contribution >= 4 is 23.4 Å². The van der Waals surface area contributed by atoms with Gasteiger partial charge in [-0.3, -0.25) is 4.79 Å². The summed E-state index contributed by atoms with van der Waals surface area (Å²) >= 11 is 1.22. The van der Waals surface area contributed by atoms with Gasteiger partial charge >= 0.3 is 0 Å². The van der Waals surface area contributed by atoms with Crippen LogP contribution in [0.25, 0.3) is 11.5 Å². The van der Waals surface area contributed by atoms with Gasteiger partial charge < -0.3 is 9.73 Å². The number of hydrogen-bond donors (Lipinski definition) is 1.